The first-order valence-corrected chi connectivity index (χ1v) is 14.0. The van der Waals surface area contributed by atoms with Gasteiger partial charge in [0, 0.05) is 23.2 Å². The molecular weight excluding hydrogens is 528 g/mol. The molecule has 0 aliphatic carbocycles. The molecule has 0 aliphatic heterocycles. The highest BCUT2D eigenvalue weighted by Crippen LogP contribution is 2.34. The molecule has 0 saturated carbocycles. The number of benzene rings is 2. The molecule has 1 unspecified atom stereocenters. The highest BCUT2D eigenvalue weighted by molar-refractivity contribution is 5.82. The van der Waals surface area contributed by atoms with Gasteiger partial charge in [0.1, 0.15) is 24.2 Å². The zero-order valence-electron chi connectivity index (χ0n) is 25.0. The van der Waals surface area contributed by atoms with Gasteiger partial charge in [-0.2, -0.15) is 10.4 Å². The Balaban J connectivity index is 1.63. The van der Waals surface area contributed by atoms with Gasteiger partial charge in [0.05, 0.1) is 18.9 Å². The van der Waals surface area contributed by atoms with Crippen molar-refractivity contribution in [1.82, 2.24) is 14.6 Å². The number of hydrogen-bond acceptors (Lipinski definition) is 7. The van der Waals surface area contributed by atoms with Gasteiger partial charge in [-0.1, -0.05) is 31.9 Å². The number of nitriles is 1. The van der Waals surface area contributed by atoms with Crippen LogP contribution in [0.25, 0.3) is 16.8 Å². The Hall–Kier alpha value is -4.82. The van der Waals surface area contributed by atoms with Crippen LogP contribution in [0.2, 0.25) is 0 Å². The van der Waals surface area contributed by atoms with Crippen LogP contribution >= 0.6 is 0 Å². The minimum absolute atomic E-state index is 0.00371. The van der Waals surface area contributed by atoms with E-state index >= 15 is 0 Å². The molecule has 0 radical (unpaired) electrons. The molecule has 0 saturated heterocycles. The molecule has 2 aromatic carbocycles. The maximum absolute atomic E-state index is 12.0. The average Bonchev–Trinajstić information content (AvgIpc) is 3.40. The van der Waals surface area contributed by atoms with Gasteiger partial charge >= 0.3 is 5.97 Å². The Labute approximate surface area is 247 Å². The zero-order valence-corrected chi connectivity index (χ0v) is 25.0. The number of fused-ring (bicyclic) bond motifs is 1. The Morgan fingerprint density at radius 2 is 1.76 bits per heavy atom. The summed E-state index contributed by atoms with van der Waals surface area (Å²) in [6, 6.07) is 15.7. The first-order chi connectivity index (χ1) is 20.2. The van der Waals surface area contributed by atoms with E-state index in [9.17, 15) is 4.79 Å². The number of nitrogens with zero attached hydrogens (tertiary/aromatic N) is 4. The second kappa shape index (κ2) is 13.7. The summed E-state index contributed by atoms with van der Waals surface area (Å²) < 4.78 is 18.7. The Bertz CT molecular complexity index is 1650. The molecule has 4 rings (SSSR count). The third-order valence-electron chi connectivity index (χ3n) is 6.78. The van der Waals surface area contributed by atoms with Crippen LogP contribution in [0.3, 0.4) is 0 Å². The van der Waals surface area contributed by atoms with Gasteiger partial charge in [-0.05, 0) is 80.3 Å². The quantitative estimate of drug-likeness (QED) is 0.148. The second-order valence-electron chi connectivity index (χ2n) is 10.3. The Morgan fingerprint density at radius 3 is 2.38 bits per heavy atom. The molecule has 0 aliphatic rings. The third-order valence-corrected chi connectivity index (χ3v) is 6.78. The average molecular weight is 565 g/mol. The van der Waals surface area contributed by atoms with Crippen LogP contribution in [0.4, 0.5) is 0 Å². The predicted octanol–water partition coefficient (Wildman–Crippen LogP) is 6.68. The largest absolute Gasteiger partial charge is 0.489 e. The lowest BCUT2D eigenvalue weighted by Gasteiger charge is -2.15. The monoisotopic (exact) mass is 564 g/mol. The van der Waals surface area contributed by atoms with Gasteiger partial charge < -0.3 is 14.2 Å². The lowest BCUT2D eigenvalue weighted by Crippen LogP contribution is -2.09. The molecule has 0 bridgehead atoms. The third kappa shape index (κ3) is 7.08. The SMILES string of the molecule is CC#CC(CC(=O)OCC)c1ccc(OCc2cc(-c3c(C)cc(OCC#N)cc3C)c3nc(C(C)C)nn3c2)cc1. The van der Waals surface area contributed by atoms with E-state index in [0.29, 0.717) is 24.7 Å². The van der Waals surface area contributed by atoms with Crippen LogP contribution < -0.4 is 9.47 Å². The summed E-state index contributed by atoms with van der Waals surface area (Å²) in [6.45, 7) is 12.4. The summed E-state index contributed by atoms with van der Waals surface area (Å²) >= 11 is 0. The highest BCUT2D eigenvalue weighted by atomic mass is 16.5. The summed E-state index contributed by atoms with van der Waals surface area (Å²) in [7, 11) is 0. The number of rotatable bonds is 11. The first kappa shape index (κ1) is 30.1. The zero-order chi connectivity index (χ0) is 30.2. The van der Waals surface area contributed by atoms with E-state index in [1.54, 1.807) is 13.8 Å². The lowest BCUT2D eigenvalue weighted by atomic mass is 9.95. The van der Waals surface area contributed by atoms with Crippen molar-refractivity contribution in [2.75, 3.05) is 13.2 Å². The maximum Gasteiger partial charge on any atom is 0.307 e. The van der Waals surface area contributed by atoms with Crippen LogP contribution in [0.5, 0.6) is 11.5 Å². The minimum atomic E-state index is -0.264. The van der Waals surface area contributed by atoms with Crippen LogP contribution in [0.15, 0.2) is 48.7 Å². The smallest absolute Gasteiger partial charge is 0.307 e. The maximum atomic E-state index is 12.0. The fourth-order valence-corrected chi connectivity index (χ4v) is 4.89. The molecule has 42 heavy (non-hydrogen) atoms. The number of hydrogen-bond donors (Lipinski definition) is 0. The van der Waals surface area contributed by atoms with Crippen LogP contribution in [-0.4, -0.2) is 33.8 Å². The molecule has 8 nitrogen and oxygen atoms in total. The van der Waals surface area contributed by atoms with E-state index in [2.05, 4.69) is 31.8 Å². The number of aromatic nitrogens is 3. The summed E-state index contributed by atoms with van der Waals surface area (Å²) in [6.07, 6.45) is 2.16. The summed E-state index contributed by atoms with van der Waals surface area (Å²) in [5, 5.41) is 13.7. The molecule has 216 valence electrons. The molecule has 1 atom stereocenters. The molecular formula is C34H36N4O4. The normalized spacial score (nSPS) is 11.5. The molecule has 0 spiro atoms. The van der Waals surface area contributed by atoms with E-state index in [1.807, 2.05) is 67.0 Å². The standard InChI is InChI=1S/C34H36N4O4/c1-7-9-27(19-31(39)40-8-2)26-10-12-28(13-11-26)42-21-25-18-30(34-36-33(22(3)4)37-38(34)20-25)32-23(5)16-29(17-24(32)6)41-15-14-35/h10-13,16-18,20,22,27H,8,15,19,21H2,1-6H3. The van der Waals surface area contributed by atoms with Crippen molar-refractivity contribution in [3.8, 4) is 40.5 Å². The molecule has 8 heteroatoms. The van der Waals surface area contributed by atoms with Crippen molar-refractivity contribution in [3.05, 3.63) is 76.7 Å². The predicted molar refractivity (Wildman–Crippen MR) is 161 cm³/mol. The minimum Gasteiger partial charge on any atom is -0.489 e. The van der Waals surface area contributed by atoms with Crippen molar-refractivity contribution >= 4 is 11.6 Å². The van der Waals surface area contributed by atoms with Crippen molar-refractivity contribution in [3.63, 3.8) is 0 Å². The fraction of sp³-hybridized carbons (Fsp3) is 0.353. The van der Waals surface area contributed by atoms with E-state index < -0.39 is 0 Å². The van der Waals surface area contributed by atoms with Crippen LogP contribution in [0.1, 0.15) is 74.0 Å². The van der Waals surface area contributed by atoms with Gasteiger partial charge in [0.25, 0.3) is 0 Å². The summed E-state index contributed by atoms with van der Waals surface area (Å²) in [5.74, 6) is 7.82. The summed E-state index contributed by atoms with van der Waals surface area (Å²) in [5.41, 5.74) is 6.66. The highest BCUT2D eigenvalue weighted by Gasteiger charge is 2.18. The molecule has 4 aromatic rings. The number of carbonyl (C=O) groups is 1. The topological polar surface area (TPSA) is 98.7 Å². The molecule has 2 aromatic heterocycles. The lowest BCUT2D eigenvalue weighted by molar-refractivity contribution is -0.143. The van der Waals surface area contributed by atoms with Crippen LogP contribution in [0, 0.1) is 37.0 Å². The van der Waals surface area contributed by atoms with Gasteiger partial charge in [-0.3, -0.25) is 4.79 Å². The van der Waals surface area contributed by atoms with E-state index in [0.717, 1.165) is 44.9 Å². The van der Waals surface area contributed by atoms with Gasteiger partial charge in [-0.15, -0.1) is 5.92 Å². The Kier molecular flexibility index (Phi) is 9.83. The molecule has 0 N–H and O–H groups in total. The number of carbonyl (C=O) groups excluding carboxylic acids is 1. The fourth-order valence-electron chi connectivity index (χ4n) is 4.89. The van der Waals surface area contributed by atoms with E-state index in [1.165, 1.54) is 0 Å². The van der Waals surface area contributed by atoms with Gasteiger partial charge in [0.15, 0.2) is 18.1 Å². The van der Waals surface area contributed by atoms with Gasteiger partial charge in [-0.25, -0.2) is 9.50 Å². The molecule has 0 amide bonds. The van der Waals surface area contributed by atoms with Crippen molar-refractivity contribution in [2.45, 2.75) is 66.4 Å². The van der Waals surface area contributed by atoms with Crippen molar-refractivity contribution in [1.29, 1.82) is 5.26 Å². The van der Waals surface area contributed by atoms with E-state index in [4.69, 9.17) is 29.6 Å². The molecule has 0 fully saturated rings. The second-order valence-corrected chi connectivity index (χ2v) is 10.3. The van der Waals surface area contributed by atoms with Gasteiger partial charge in [0.2, 0.25) is 0 Å². The van der Waals surface area contributed by atoms with Crippen molar-refractivity contribution < 1.29 is 19.0 Å². The Morgan fingerprint density at radius 1 is 1.05 bits per heavy atom. The molecule has 2 heterocycles. The van der Waals surface area contributed by atoms with Crippen LogP contribution in [-0.2, 0) is 16.1 Å². The number of esters is 1. The number of ether oxygens (including phenoxy) is 3. The first-order valence-electron chi connectivity index (χ1n) is 14.0. The van der Waals surface area contributed by atoms with E-state index in [-0.39, 0.29) is 30.8 Å². The number of pyridine rings is 1. The summed E-state index contributed by atoms with van der Waals surface area (Å²) in [4.78, 5) is 16.9. The van der Waals surface area contributed by atoms with Crippen molar-refractivity contribution in [2.24, 2.45) is 0 Å². The number of aryl methyl sites for hydroxylation is 2.